The normalized spacial score (nSPS) is 18.2. The molecule has 1 aliphatic heterocycles. The van der Waals surface area contributed by atoms with Crippen LogP contribution >= 0.6 is 11.3 Å². The van der Waals surface area contributed by atoms with E-state index >= 15 is 0 Å². The van der Waals surface area contributed by atoms with Crippen LogP contribution in [0.4, 0.5) is 13.9 Å². The minimum atomic E-state index is -0.535. The number of hydrogen-bond acceptors (Lipinski definition) is 5. The molecule has 1 saturated heterocycles. The van der Waals surface area contributed by atoms with Crippen molar-refractivity contribution in [3.05, 3.63) is 46.5 Å². The zero-order valence-corrected chi connectivity index (χ0v) is 13.8. The van der Waals surface area contributed by atoms with E-state index in [1.807, 2.05) is 13.1 Å². The molecule has 1 fully saturated rings. The SMILES string of the molecule is CC(c1ccc(F)cc1F)N1CCN(Cc2cnc(N)s2)CC1. The molecule has 0 amide bonds. The van der Waals surface area contributed by atoms with Gasteiger partial charge in [0.05, 0.1) is 0 Å². The maximum atomic E-state index is 13.9. The maximum Gasteiger partial charge on any atom is 0.180 e. The summed E-state index contributed by atoms with van der Waals surface area (Å²) in [6, 6.07) is 3.76. The first-order valence-electron chi connectivity index (χ1n) is 7.64. The predicted molar refractivity (Wildman–Crippen MR) is 88.1 cm³/mol. The number of nitrogen functional groups attached to an aromatic ring is 1. The number of anilines is 1. The van der Waals surface area contributed by atoms with E-state index in [0.29, 0.717) is 10.7 Å². The van der Waals surface area contributed by atoms with Gasteiger partial charge in [0.1, 0.15) is 11.6 Å². The van der Waals surface area contributed by atoms with Crippen molar-refractivity contribution in [3.63, 3.8) is 0 Å². The highest BCUT2D eigenvalue weighted by molar-refractivity contribution is 7.15. The van der Waals surface area contributed by atoms with Gasteiger partial charge in [-0.05, 0) is 13.0 Å². The minimum Gasteiger partial charge on any atom is -0.375 e. The summed E-state index contributed by atoms with van der Waals surface area (Å²) in [5.41, 5.74) is 6.20. The Kier molecular flexibility index (Phi) is 4.89. The van der Waals surface area contributed by atoms with Gasteiger partial charge in [0.25, 0.3) is 0 Å². The van der Waals surface area contributed by atoms with Gasteiger partial charge in [0, 0.05) is 61.5 Å². The molecule has 1 atom stereocenters. The van der Waals surface area contributed by atoms with Crippen molar-refractivity contribution in [1.82, 2.24) is 14.8 Å². The van der Waals surface area contributed by atoms with Crippen molar-refractivity contribution in [2.24, 2.45) is 0 Å². The van der Waals surface area contributed by atoms with E-state index in [-0.39, 0.29) is 6.04 Å². The molecular formula is C16H20F2N4S. The molecule has 2 heterocycles. The van der Waals surface area contributed by atoms with E-state index in [1.54, 1.807) is 6.07 Å². The summed E-state index contributed by atoms with van der Waals surface area (Å²) >= 11 is 1.51. The second-order valence-electron chi connectivity index (χ2n) is 5.82. The Balaban J connectivity index is 1.57. The molecule has 0 spiro atoms. The summed E-state index contributed by atoms with van der Waals surface area (Å²) in [6.45, 7) is 6.34. The Morgan fingerprint density at radius 2 is 2.00 bits per heavy atom. The molecule has 7 heteroatoms. The average molecular weight is 338 g/mol. The van der Waals surface area contributed by atoms with Gasteiger partial charge in [-0.1, -0.05) is 6.07 Å². The molecule has 0 saturated carbocycles. The molecule has 1 aliphatic rings. The first-order valence-corrected chi connectivity index (χ1v) is 8.46. The molecular weight excluding hydrogens is 318 g/mol. The van der Waals surface area contributed by atoms with Crippen LogP contribution in [0.2, 0.25) is 0 Å². The summed E-state index contributed by atoms with van der Waals surface area (Å²) in [5.74, 6) is -1.01. The van der Waals surface area contributed by atoms with E-state index in [4.69, 9.17) is 5.73 Å². The van der Waals surface area contributed by atoms with Gasteiger partial charge in [-0.2, -0.15) is 0 Å². The van der Waals surface area contributed by atoms with Crippen LogP contribution < -0.4 is 5.73 Å². The Labute approximate surface area is 138 Å². The largest absolute Gasteiger partial charge is 0.375 e. The van der Waals surface area contributed by atoms with Crippen LogP contribution in [0.5, 0.6) is 0 Å². The van der Waals surface area contributed by atoms with Gasteiger partial charge >= 0.3 is 0 Å². The van der Waals surface area contributed by atoms with Crippen molar-refractivity contribution >= 4 is 16.5 Å². The quantitative estimate of drug-likeness (QED) is 0.931. The number of aromatic nitrogens is 1. The van der Waals surface area contributed by atoms with Crippen molar-refractivity contribution in [2.45, 2.75) is 19.5 Å². The van der Waals surface area contributed by atoms with E-state index in [1.165, 1.54) is 17.4 Å². The zero-order valence-electron chi connectivity index (χ0n) is 13.0. The lowest BCUT2D eigenvalue weighted by Gasteiger charge is -2.38. The van der Waals surface area contributed by atoms with E-state index in [2.05, 4.69) is 14.8 Å². The highest BCUT2D eigenvalue weighted by Gasteiger charge is 2.24. The molecule has 4 nitrogen and oxygen atoms in total. The lowest BCUT2D eigenvalue weighted by atomic mass is 10.1. The summed E-state index contributed by atoms with van der Waals surface area (Å²) in [6.07, 6.45) is 1.82. The highest BCUT2D eigenvalue weighted by Crippen LogP contribution is 2.25. The van der Waals surface area contributed by atoms with Crippen LogP contribution in [0.15, 0.2) is 24.4 Å². The van der Waals surface area contributed by atoms with Gasteiger partial charge in [-0.25, -0.2) is 13.8 Å². The van der Waals surface area contributed by atoms with E-state index in [9.17, 15) is 8.78 Å². The summed E-state index contributed by atoms with van der Waals surface area (Å²) in [7, 11) is 0. The Morgan fingerprint density at radius 3 is 2.61 bits per heavy atom. The average Bonchev–Trinajstić information content (AvgIpc) is 2.92. The number of nitrogens with zero attached hydrogens (tertiary/aromatic N) is 3. The monoisotopic (exact) mass is 338 g/mol. The van der Waals surface area contributed by atoms with E-state index < -0.39 is 11.6 Å². The van der Waals surface area contributed by atoms with Crippen molar-refractivity contribution in [2.75, 3.05) is 31.9 Å². The van der Waals surface area contributed by atoms with Crippen molar-refractivity contribution in [3.8, 4) is 0 Å². The first kappa shape index (κ1) is 16.3. The number of thiazole rings is 1. The smallest absolute Gasteiger partial charge is 0.180 e. The number of nitrogens with two attached hydrogens (primary N) is 1. The Hall–Kier alpha value is -1.57. The molecule has 0 bridgehead atoms. The van der Waals surface area contributed by atoms with Crippen LogP contribution in [-0.2, 0) is 6.54 Å². The lowest BCUT2D eigenvalue weighted by Crippen LogP contribution is -2.46. The van der Waals surface area contributed by atoms with Crippen LogP contribution in [0.3, 0.4) is 0 Å². The highest BCUT2D eigenvalue weighted by atomic mass is 32.1. The van der Waals surface area contributed by atoms with Crippen LogP contribution in [0, 0.1) is 11.6 Å². The summed E-state index contributed by atoms with van der Waals surface area (Å²) in [5, 5.41) is 0.596. The van der Waals surface area contributed by atoms with Gasteiger partial charge in [-0.3, -0.25) is 9.80 Å². The second-order valence-corrected chi connectivity index (χ2v) is 6.97. The molecule has 3 rings (SSSR count). The Bertz CT molecular complexity index is 668. The molecule has 1 aromatic heterocycles. The molecule has 0 radical (unpaired) electrons. The molecule has 1 aromatic carbocycles. The maximum absolute atomic E-state index is 13.9. The first-order chi connectivity index (χ1) is 11.0. The fourth-order valence-corrected chi connectivity index (χ4v) is 3.69. The minimum absolute atomic E-state index is 0.0585. The molecule has 2 aromatic rings. The summed E-state index contributed by atoms with van der Waals surface area (Å²) in [4.78, 5) is 9.80. The number of halogens is 2. The Morgan fingerprint density at radius 1 is 1.26 bits per heavy atom. The van der Waals surface area contributed by atoms with E-state index in [0.717, 1.165) is 43.7 Å². The number of benzene rings is 1. The fourth-order valence-electron chi connectivity index (χ4n) is 2.96. The van der Waals surface area contributed by atoms with Gasteiger partial charge in [0.15, 0.2) is 5.13 Å². The van der Waals surface area contributed by atoms with Crippen LogP contribution in [0.1, 0.15) is 23.4 Å². The molecule has 124 valence electrons. The standard InChI is InChI=1S/C16H20F2N4S/c1-11(14-3-2-12(17)8-15(14)18)22-6-4-21(5-7-22)10-13-9-20-16(19)23-13/h2-3,8-9,11H,4-7,10H2,1H3,(H2,19,20). The molecule has 0 aliphatic carbocycles. The third-order valence-corrected chi connectivity index (χ3v) is 5.13. The van der Waals surface area contributed by atoms with Crippen molar-refractivity contribution in [1.29, 1.82) is 0 Å². The molecule has 23 heavy (non-hydrogen) atoms. The lowest BCUT2D eigenvalue weighted by molar-refractivity contribution is 0.0971. The number of hydrogen-bond donors (Lipinski definition) is 1. The van der Waals surface area contributed by atoms with Gasteiger partial charge in [0.2, 0.25) is 0 Å². The topological polar surface area (TPSA) is 45.4 Å². The molecule has 2 N–H and O–H groups in total. The van der Waals surface area contributed by atoms with Crippen LogP contribution in [-0.4, -0.2) is 41.0 Å². The second kappa shape index (κ2) is 6.90. The third kappa shape index (κ3) is 3.85. The van der Waals surface area contributed by atoms with Crippen molar-refractivity contribution < 1.29 is 8.78 Å². The fraction of sp³-hybridized carbons (Fsp3) is 0.438. The summed E-state index contributed by atoms with van der Waals surface area (Å²) < 4.78 is 27.0. The van der Waals surface area contributed by atoms with Crippen LogP contribution in [0.25, 0.3) is 0 Å². The zero-order chi connectivity index (χ0) is 16.4. The van der Waals surface area contributed by atoms with Gasteiger partial charge in [-0.15, -0.1) is 11.3 Å². The molecule has 1 unspecified atom stereocenters. The van der Waals surface area contributed by atoms with Gasteiger partial charge < -0.3 is 5.73 Å². The third-order valence-electron chi connectivity index (χ3n) is 4.32. The number of piperazine rings is 1. The number of rotatable bonds is 4. The predicted octanol–water partition coefficient (Wildman–Crippen LogP) is 2.88.